The van der Waals surface area contributed by atoms with Gasteiger partial charge in [-0.25, -0.2) is 4.98 Å². The fourth-order valence-corrected chi connectivity index (χ4v) is 1.60. The molecule has 2 rings (SSSR count). The van der Waals surface area contributed by atoms with Crippen molar-refractivity contribution in [3.63, 3.8) is 0 Å². The highest BCUT2D eigenvalue weighted by Crippen LogP contribution is 2.20. The fraction of sp³-hybridized carbons (Fsp3) is 0.182. The molecule has 1 N–H and O–H groups in total. The average Bonchev–Trinajstić information content (AvgIpc) is 2.65. The molecule has 15 heavy (non-hydrogen) atoms. The Hall–Kier alpha value is -1.48. The Morgan fingerprint density at radius 2 is 2.20 bits per heavy atom. The van der Waals surface area contributed by atoms with Crippen LogP contribution in [0.1, 0.15) is 5.56 Å². The van der Waals surface area contributed by atoms with Gasteiger partial charge in [0.05, 0.1) is 0 Å². The summed E-state index contributed by atoms with van der Waals surface area (Å²) in [4.78, 5) is 4.20. The van der Waals surface area contributed by atoms with Crippen molar-refractivity contribution in [2.75, 3.05) is 5.32 Å². The topological polar surface area (TPSA) is 29.9 Å². The standard InChI is InChI=1S/C11H12ClN3/c1-15-7-6-13-11(15)14-10-5-3-2-4-9(10)8-12/h2-7H,8H2,1H3,(H,13,14). The van der Waals surface area contributed by atoms with Gasteiger partial charge in [-0.05, 0) is 11.6 Å². The maximum atomic E-state index is 5.84. The molecule has 0 saturated heterocycles. The third-order valence-corrected chi connectivity index (χ3v) is 2.52. The number of alkyl halides is 1. The number of benzene rings is 1. The summed E-state index contributed by atoms with van der Waals surface area (Å²) in [6.07, 6.45) is 3.65. The van der Waals surface area contributed by atoms with Crippen molar-refractivity contribution in [1.29, 1.82) is 0 Å². The molecule has 0 radical (unpaired) electrons. The van der Waals surface area contributed by atoms with Gasteiger partial charge in [-0.2, -0.15) is 0 Å². The van der Waals surface area contributed by atoms with Gasteiger partial charge in [0.1, 0.15) is 0 Å². The summed E-state index contributed by atoms with van der Waals surface area (Å²) >= 11 is 5.84. The van der Waals surface area contributed by atoms with Gasteiger partial charge in [-0.1, -0.05) is 18.2 Å². The minimum atomic E-state index is 0.494. The van der Waals surface area contributed by atoms with E-state index in [0.29, 0.717) is 5.88 Å². The number of nitrogens with one attached hydrogen (secondary N) is 1. The van der Waals surface area contributed by atoms with Crippen LogP contribution in [0.25, 0.3) is 0 Å². The Kier molecular flexibility index (Phi) is 2.92. The Morgan fingerprint density at radius 1 is 1.40 bits per heavy atom. The highest BCUT2D eigenvalue weighted by Gasteiger charge is 2.03. The molecule has 1 heterocycles. The predicted octanol–water partition coefficient (Wildman–Crippen LogP) is 2.90. The normalized spacial score (nSPS) is 10.3. The van der Waals surface area contributed by atoms with Crippen LogP contribution in [0.2, 0.25) is 0 Å². The van der Waals surface area contributed by atoms with Crippen molar-refractivity contribution in [1.82, 2.24) is 9.55 Å². The van der Waals surface area contributed by atoms with Gasteiger partial charge in [-0.3, -0.25) is 0 Å². The Balaban J connectivity index is 2.28. The van der Waals surface area contributed by atoms with Crippen molar-refractivity contribution >= 4 is 23.2 Å². The first-order chi connectivity index (χ1) is 7.31. The molecule has 3 nitrogen and oxygen atoms in total. The van der Waals surface area contributed by atoms with E-state index in [9.17, 15) is 0 Å². The first-order valence-corrected chi connectivity index (χ1v) is 5.23. The molecule has 2 aromatic rings. The molecule has 0 aliphatic carbocycles. The van der Waals surface area contributed by atoms with Gasteiger partial charge in [0.15, 0.2) is 0 Å². The number of aryl methyl sites for hydroxylation is 1. The van der Waals surface area contributed by atoms with Crippen LogP contribution >= 0.6 is 11.6 Å². The maximum Gasteiger partial charge on any atom is 0.207 e. The number of imidazole rings is 1. The lowest BCUT2D eigenvalue weighted by atomic mass is 10.2. The van der Waals surface area contributed by atoms with Crippen LogP contribution in [0, 0.1) is 0 Å². The minimum Gasteiger partial charge on any atom is -0.325 e. The zero-order chi connectivity index (χ0) is 10.7. The molecule has 0 bridgehead atoms. The summed E-state index contributed by atoms with van der Waals surface area (Å²) < 4.78 is 1.92. The molecule has 0 fully saturated rings. The Morgan fingerprint density at radius 3 is 2.87 bits per heavy atom. The summed E-state index contributed by atoms with van der Waals surface area (Å²) in [6, 6.07) is 7.94. The molecule has 0 aliphatic heterocycles. The number of anilines is 2. The fourth-order valence-electron chi connectivity index (χ4n) is 1.37. The summed E-state index contributed by atoms with van der Waals surface area (Å²) in [7, 11) is 1.94. The summed E-state index contributed by atoms with van der Waals surface area (Å²) in [6.45, 7) is 0. The minimum absolute atomic E-state index is 0.494. The zero-order valence-corrected chi connectivity index (χ0v) is 9.20. The van der Waals surface area contributed by atoms with Crippen molar-refractivity contribution in [3.05, 3.63) is 42.2 Å². The molecule has 0 aliphatic rings. The second kappa shape index (κ2) is 4.36. The lowest BCUT2D eigenvalue weighted by Crippen LogP contribution is -2.00. The highest BCUT2D eigenvalue weighted by atomic mass is 35.5. The lowest BCUT2D eigenvalue weighted by molar-refractivity contribution is 0.924. The molecule has 0 spiro atoms. The molecular formula is C11H12ClN3. The van der Waals surface area contributed by atoms with Crippen molar-refractivity contribution in [2.45, 2.75) is 5.88 Å². The van der Waals surface area contributed by atoms with E-state index in [-0.39, 0.29) is 0 Å². The first-order valence-electron chi connectivity index (χ1n) is 4.69. The van der Waals surface area contributed by atoms with Gasteiger partial charge in [0.2, 0.25) is 5.95 Å². The number of nitrogens with zero attached hydrogens (tertiary/aromatic N) is 2. The van der Waals surface area contributed by atoms with E-state index in [2.05, 4.69) is 10.3 Å². The molecule has 4 heteroatoms. The molecule has 78 valence electrons. The molecule has 0 unspecified atom stereocenters. The van der Waals surface area contributed by atoms with Crippen LogP contribution in [0.5, 0.6) is 0 Å². The number of para-hydroxylation sites is 1. The second-order valence-electron chi connectivity index (χ2n) is 3.28. The van der Waals surface area contributed by atoms with Crippen LogP contribution in [0.3, 0.4) is 0 Å². The van der Waals surface area contributed by atoms with Crippen LogP contribution in [0.15, 0.2) is 36.7 Å². The predicted molar refractivity (Wildman–Crippen MR) is 62.5 cm³/mol. The number of rotatable bonds is 3. The quantitative estimate of drug-likeness (QED) is 0.808. The van der Waals surface area contributed by atoms with Crippen LogP contribution in [-0.4, -0.2) is 9.55 Å². The van der Waals surface area contributed by atoms with Crippen molar-refractivity contribution in [3.8, 4) is 0 Å². The number of hydrogen-bond acceptors (Lipinski definition) is 2. The number of halogens is 1. The van der Waals surface area contributed by atoms with Crippen molar-refractivity contribution < 1.29 is 0 Å². The molecular weight excluding hydrogens is 210 g/mol. The summed E-state index contributed by atoms with van der Waals surface area (Å²) in [5.74, 6) is 1.31. The Labute approximate surface area is 93.7 Å². The largest absolute Gasteiger partial charge is 0.325 e. The molecule has 1 aromatic carbocycles. The second-order valence-corrected chi connectivity index (χ2v) is 3.54. The van der Waals surface area contributed by atoms with Gasteiger partial charge < -0.3 is 9.88 Å². The number of hydrogen-bond donors (Lipinski definition) is 1. The van der Waals surface area contributed by atoms with Crippen LogP contribution in [-0.2, 0) is 12.9 Å². The third kappa shape index (κ3) is 2.13. The monoisotopic (exact) mass is 221 g/mol. The van der Waals surface area contributed by atoms with Crippen LogP contribution < -0.4 is 5.32 Å². The van der Waals surface area contributed by atoms with E-state index in [1.807, 2.05) is 42.1 Å². The van der Waals surface area contributed by atoms with E-state index >= 15 is 0 Å². The van der Waals surface area contributed by atoms with Gasteiger partial charge in [-0.15, -0.1) is 11.6 Å². The lowest BCUT2D eigenvalue weighted by Gasteiger charge is -2.09. The molecule has 0 amide bonds. The van der Waals surface area contributed by atoms with Crippen LogP contribution in [0.4, 0.5) is 11.6 Å². The molecule has 0 atom stereocenters. The summed E-state index contributed by atoms with van der Waals surface area (Å²) in [5.41, 5.74) is 2.07. The SMILES string of the molecule is Cn1ccnc1Nc1ccccc1CCl. The third-order valence-electron chi connectivity index (χ3n) is 2.23. The van der Waals surface area contributed by atoms with E-state index in [0.717, 1.165) is 17.2 Å². The summed E-state index contributed by atoms with van der Waals surface area (Å²) in [5, 5.41) is 3.24. The van der Waals surface area contributed by atoms with Crippen molar-refractivity contribution in [2.24, 2.45) is 7.05 Å². The van der Waals surface area contributed by atoms with E-state index < -0.39 is 0 Å². The average molecular weight is 222 g/mol. The smallest absolute Gasteiger partial charge is 0.207 e. The van der Waals surface area contributed by atoms with E-state index in [1.165, 1.54) is 0 Å². The molecule has 0 saturated carbocycles. The number of aromatic nitrogens is 2. The zero-order valence-electron chi connectivity index (χ0n) is 8.44. The van der Waals surface area contributed by atoms with Gasteiger partial charge >= 0.3 is 0 Å². The maximum absolute atomic E-state index is 5.84. The Bertz CT molecular complexity index is 451. The van der Waals surface area contributed by atoms with E-state index in [4.69, 9.17) is 11.6 Å². The highest BCUT2D eigenvalue weighted by molar-refractivity contribution is 6.17. The van der Waals surface area contributed by atoms with Gasteiger partial charge in [0, 0.05) is 31.0 Å². The first kappa shape index (κ1) is 10.1. The van der Waals surface area contributed by atoms with Gasteiger partial charge in [0.25, 0.3) is 0 Å². The van der Waals surface area contributed by atoms with E-state index in [1.54, 1.807) is 6.20 Å². The molecule has 1 aromatic heterocycles.